The lowest BCUT2D eigenvalue weighted by Gasteiger charge is -2.15. The van der Waals surface area contributed by atoms with Crippen LogP contribution in [-0.2, 0) is 11.2 Å². The average molecular weight is 361 g/mol. The van der Waals surface area contributed by atoms with Gasteiger partial charge in [0.05, 0.1) is 47.7 Å². The first kappa shape index (κ1) is 19.2. The molecule has 26 heavy (non-hydrogen) atoms. The highest BCUT2D eigenvalue weighted by Crippen LogP contribution is 2.38. The summed E-state index contributed by atoms with van der Waals surface area (Å²) in [5.74, 6) is 2.42. The minimum Gasteiger partial charge on any atom is -0.497 e. The van der Waals surface area contributed by atoms with Crippen LogP contribution in [0.5, 0.6) is 28.7 Å². The molecule has 0 fully saturated rings. The first-order valence-corrected chi connectivity index (χ1v) is 7.87. The van der Waals surface area contributed by atoms with Gasteiger partial charge in [-0.15, -0.1) is 0 Å². The molecule has 1 N–H and O–H groups in total. The molecule has 0 atom stereocenters. The Hall–Kier alpha value is -3.09. The van der Waals surface area contributed by atoms with Crippen molar-refractivity contribution in [2.45, 2.75) is 6.42 Å². The number of methoxy groups -OCH3 is 5. The summed E-state index contributed by atoms with van der Waals surface area (Å²) >= 11 is 0. The van der Waals surface area contributed by atoms with E-state index < -0.39 is 0 Å². The number of nitrogens with one attached hydrogen (secondary N) is 1. The zero-order chi connectivity index (χ0) is 19.1. The molecule has 0 aromatic heterocycles. The largest absolute Gasteiger partial charge is 0.497 e. The third-order valence-corrected chi connectivity index (χ3v) is 3.77. The molecule has 0 bridgehead atoms. The normalized spacial score (nSPS) is 10.0. The van der Waals surface area contributed by atoms with E-state index in [1.54, 1.807) is 37.4 Å². The second-order valence-electron chi connectivity index (χ2n) is 5.32. The standard InChI is InChI=1S/C19H23NO6/c1-22-13-6-7-15(23-2)14(11-13)20-18(21)10-12-8-16(24-3)19(26-5)17(9-12)25-4/h6-9,11H,10H2,1-5H3,(H,20,21). The number of hydrogen-bond donors (Lipinski definition) is 1. The minimum atomic E-state index is -0.217. The van der Waals surface area contributed by atoms with E-state index in [0.717, 1.165) is 5.56 Å². The van der Waals surface area contributed by atoms with Crippen molar-refractivity contribution in [2.24, 2.45) is 0 Å². The van der Waals surface area contributed by atoms with Gasteiger partial charge in [0.25, 0.3) is 0 Å². The number of amides is 1. The molecule has 0 aliphatic heterocycles. The molecule has 140 valence electrons. The molecule has 0 spiro atoms. The summed E-state index contributed by atoms with van der Waals surface area (Å²) in [4.78, 5) is 12.5. The molecule has 1 amide bonds. The Balaban J connectivity index is 2.23. The lowest BCUT2D eigenvalue weighted by molar-refractivity contribution is -0.115. The maximum atomic E-state index is 12.5. The molecule has 2 aromatic carbocycles. The van der Waals surface area contributed by atoms with Crippen LogP contribution in [0.3, 0.4) is 0 Å². The van der Waals surface area contributed by atoms with Gasteiger partial charge in [-0.2, -0.15) is 0 Å². The number of carbonyl (C=O) groups excluding carboxylic acids is 1. The van der Waals surface area contributed by atoms with Gasteiger partial charge in [-0.25, -0.2) is 0 Å². The van der Waals surface area contributed by atoms with Gasteiger partial charge < -0.3 is 29.0 Å². The Labute approximate surface area is 152 Å². The van der Waals surface area contributed by atoms with Crippen molar-refractivity contribution >= 4 is 11.6 Å². The summed E-state index contributed by atoms with van der Waals surface area (Å²) in [5.41, 5.74) is 1.25. The molecular weight excluding hydrogens is 338 g/mol. The van der Waals surface area contributed by atoms with Crippen LogP contribution in [0, 0.1) is 0 Å². The summed E-state index contributed by atoms with van der Waals surface area (Å²) in [7, 11) is 7.69. The summed E-state index contributed by atoms with van der Waals surface area (Å²) in [5, 5.41) is 2.83. The molecule has 7 nitrogen and oxygen atoms in total. The Morgan fingerprint density at radius 2 is 1.42 bits per heavy atom. The van der Waals surface area contributed by atoms with E-state index in [2.05, 4.69) is 5.32 Å². The summed E-state index contributed by atoms with van der Waals surface area (Å²) in [6, 6.07) is 8.67. The van der Waals surface area contributed by atoms with E-state index >= 15 is 0 Å². The maximum absolute atomic E-state index is 12.5. The Bertz CT molecular complexity index is 750. The molecule has 7 heteroatoms. The summed E-state index contributed by atoms with van der Waals surface area (Å²) in [6.07, 6.45) is 0.122. The van der Waals surface area contributed by atoms with E-state index in [1.165, 1.54) is 28.4 Å². The van der Waals surface area contributed by atoms with Gasteiger partial charge in [0, 0.05) is 6.07 Å². The second kappa shape index (κ2) is 8.84. The van der Waals surface area contributed by atoms with Crippen molar-refractivity contribution in [3.63, 3.8) is 0 Å². The van der Waals surface area contributed by atoms with Crippen molar-refractivity contribution < 1.29 is 28.5 Å². The third-order valence-electron chi connectivity index (χ3n) is 3.77. The quantitative estimate of drug-likeness (QED) is 0.779. The third kappa shape index (κ3) is 4.30. The molecule has 0 saturated carbocycles. The lowest BCUT2D eigenvalue weighted by Crippen LogP contribution is -2.15. The zero-order valence-electron chi connectivity index (χ0n) is 15.5. The fourth-order valence-corrected chi connectivity index (χ4v) is 2.53. The van der Waals surface area contributed by atoms with E-state index in [1.807, 2.05) is 0 Å². The van der Waals surface area contributed by atoms with Crippen LogP contribution < -0.4 is 29.0 Å². The molecule has 2 rings (SSSR count). The van der Waals surface area contributed by atoms with Crippen LogP contribution in [0.1, 0.15) is 5.56 Å². The van der Waals surface area contributed by atoms with Gasteiger partial charge in [-0.3, -0.25) is 4.79 Å². The van der Waals surface area contributed by atoms with Gasteiger partial charge in [-0.05, 0) is 29.8 Å². The molecule has 0 unspecified atom stereocenters. The second-order valence-corrected chi connectivity index (χ2v) is 5.32. The van der Waals surface area contributed by atoms with Crippen LogP contribution in [-0.4, -0.2) is 41.5 Å². The van der Waals surface area contributed by atoms with Gasteiger partial charge in [0.15, 0.2) is 11.5 Å². The van der Waals surface area contributed by atoms with E-state index in [0.29, 0.717) is 34.4 Å². The SMILES string of the molecule is COc1ccc(OC)c(NC(=O)Cc2cc(OC)c(OC)c(OC)c2)c1. The maximum Gasteiger partial charge on any atom is 0.228 e. The van der Waals surface area contributed by atoms with Crippen LogP contribution in [0.2, 0.25) is 0 Å². The Kier molecular flexibility index (Phi) is 6.54. The molecule has 0 radical (unpaired) electrons. The molecule has 0 aliphatic carbocycles. The number of ether oxygens (including phenoxy) is 5. The highest BCUT2D eigenvalue weighted by molar-refractivity contribution is 5.94. The van der Waals surface area contributed by atoms with Crippen molar-refractivity contribution in [1.29, 1.82) is 0 Å². The predicted octanol–water partition coefficient (Wildman–Crippen LogP) is 2.91. The molecule has 0 aliphatic rings. The van der Waals surface area contributed by atoms with E-state index in [4.69, 9.17) is 23.7 Å². The highest BCUT2D eigenvalue weighted by Gasteiger charge is 2.16. The van der Waals surface area contributed by atoms with Crippen molar-refractivity contribution in [3.05, 3.63) is 35.9 Å². The van der Waals surface area contributed by atoms with Crippen LogP contribution in [0.15, 0.2) is 30.3 Å². The smallest absolute Gasteiger partial charge is 0.228 e. The van der Waals surface area contributed by atoms with Crippen molar-refractivity contribution in [3.8, 4) is 28.7 Å². The van der Waals surface area contributed by atoms with Crippen LogP contribution >= 0.6 is 0 Å². The fraction of sp³-hybridized carbons (Fsp3) is 0.316. The number of rotatable bonds is 8. The fourth-order valence-electron chi connectivity index (χ4n) is 2.53. The average Bonchev–Trinajstić information content (AvgIpc) is 2.66. The number of carbonyl (C=O) groups is 1. The van der Waals surface area contributed by atoms with Gasteiger partial charge in [0.2, 0.25) is 11.7 Å². The van der Waals surface area contributed by atoms with Gasteiger partial charge >= 0.3 is 0 Å². The Morgan fingerprint density at radius 1 is 0.808 bits per heavy atom. The summed E-state index contributed by atoms with van der Waals surface area (Å²) < 4.78 is 26.4. The van der Waals surface area contributed by atoms with Gasteiger partial charge in [0.1, 0.15) is 11.5 Å². The first-order chi connectivity index (χ1) is 12.6. The van der Waals surface area contributed by atoms with Crippen LogP contribution in [0.25, 0.3) is 0 Å². The molecule has 0 saturated heterocycles. The van der Waals surface area contributed by atoms with E-state index in [-0.39, 0.29) is 12.3 Å². The highest BCUT2D eigenvalue weighted by atomic mass is 16.5. The summed E-state index contributed by atoms with van der Waals surface area (Å²) in [6.45, 7) is 0. The molecular formula is C19H23NO6. The van der Waals surface area contributed by atoms with Crippen molar-refractivity contribution in [1.82, 2.24) is 0 Å². The predicted molar refractivity (Wildman–Crippen MR) is 98.0 cm³/mol. The number of anilines is 1. The number of benzene rings is 2. The monoisotopic (exact) mass is 361 g/mol. The molecule has 0 heterocycles. The number of hydrogen-bond acceptors (Lipinski definition) is 6. The van der Waals surface area contributed by atoms with Crippen LogP contribution in [0.4, 0.5) is 5.69 Å². The molecule has 2 aromatic rings. The lowest BCUT2D eigenvalue weighted by atomic mass is 10.1. The topological polar surface area (TPSA) is 75.3 Å². The zero-order valence-corrected chi connectivity index (χ0v) is 15.5. The minimum absolute atomic E-state index is 0.122. The Morgan fingerprint density at radius 3 is 1.92 bits per heavy atom. The van der Waals surface area contributed by atoms with Gasteiger partial charge in [-0.1, -0.05) is 0 Å². The van der Waals surface area contributed by atoms with Crippen molar-refractivity contribution in [2.75, 3.05) is 40.9 Å². The first-order valence-electron chi connectivity index (χ1n) is 7.87. The van der Waals surface area contributed by atoms with E-state index in [9.17, 15) is 4.79 Å².